The first-order chi connectivity index (χ1) is 3.39. The summed E-state index contributed by atoms with van der Waals surface area (Å²) in [7, 11) is 1.23. The fourth-order valence-electron chi connectivity index (χ4n) is 0.902. The Balaban J connectivity index is 0.000000490. The summed E-state index contributed by atoms with van der Waals surface area (Å²) >= 11 is 0. The molecule has 0 N–H and O–H groups in total. The third-order valence-electron chi connectivity index (χ3n) is 1.41. The molecule has 8 heavy (non-hydrogen) atoms. The summed E-state index contributed by atoms with van der Waals surface area (Å²) in [4.78, 5) is 0. The number of ether oxygens (including phenoxy) is 1. The molecule has 0 aliphatic carbocycles. The zero-order valence-corrected chi connectivity index (χ0v) is 8.88. The van der Waals surface area contributed by atoms with Crippen molar-refractivity contribution in [2.24, 2.45) is 0 Å². The van der Waals surface area contributed by atoms with Crippen molar-refractivity contribution in [3.8, 4) is 0 Å². The molecule has 1 rings (SSSR count). The van der Waals surface area contributed by atoms with Crippen molar-refractivity contribution >= 4 is 10.2 Å². The molecule has 0 amide bonds. The molecule has 1 aliphatic rings. The molecule has 0 aromatic carbocycles. The van der Waals surface area contributed by atoms with Crippen molar-refractivity contribution in [2.75, 3.05) is 6.61 Å². The van der Waals surface area contributed by atoms with Crippen molar-refractivity contribution in [1.29, 1.82) is 0 Å². The Morgan fingerprint density at radius 1 is 1.38 bits per heavy atom. The standard InChI is InChI=1S/C5H12OSi.Ti/c7-5-3-1-2-4-6-5;/h5H,1-4H2,7H3;. The Bertz CT molecular complexity index is 54.4. The Morgan fingerprint density at radius 2 is 2.12 bits per heavy atom. The van der Waals surface area contributed by atoms with Crippen molar-refractivity contribution in [3.05, 3.63) is 0 Å². The van der Waals surface area contributed by atoms with Gasteiger partial charge >= 0.3 is 0 Å². The Morgan fingerprint density at radius 3 is 2.38 bits per heavy atom. The normalized spacial score (nSPS) is 29.2. The Labute approximate surface area is 68.5 Å². The fourth-order valence-corrected chi connectivity index (χ4v) is 1.55. The van der Waals surface area contributed by atoms with E-state index in [9.17, 15) is 0 Å². The third kappa shape index (κ3) is 3.03. The topological polar surface area (TPSA) is 9.23 Å². The predicted octanol–water partition coefficient (Wildman–Crippen LogP) is -0.124. The first kappa shape index (κ1) is 8.89. The summed E-state index contributed by atoms with van der Waals surface area (Å²) in [6.07, 6.45) is 4.01. The quantitative estimate of drug-likeness (QED) is 0.453. The second kappa shape index (κ2) is 4.74. The summed E-state index contributed by atoms with van der Waals surface area (Å²) in [6, 6.07) is 0. The van der Waals surface area contributed by atoms with Crippen LogP contribution in [0.25, 0.3) is 0 Å². The van der Waals surface area contributed by atoms with E-state index in [1.807, 2.05) is 0 Å². The number of hydrogen-bond acceptors (Lipinski definition) is 1. The molecule has 0 radical (unpaired) electrons. The van der Waals surface area contributed by atoms with Gasteiger partial charge in [0.15, 0.2) is 0 Å². The SMILES string of the molecule is [SiH3]C1CCCCO1.[Ti]. The van der Waals surface area contributed by atoms with Crippen molar-refractivity contribution in [2.45, 2.75) is 25.0 Å². The van der Waals surface area contributed by atoms with E-state index in [0.717, 1.165) is 6.61 Å². The van der Waals surface area contributed by atoms with Crippen LogP contribution in [0.3, 0.4) is 0 Å². The van der Waals surface area contributed by atoms with Crippen LogP contribution in [0.15, 0.2) is 0 Å². The van der Waals surface area contributed by atoms with Crippen LogP contribution in [-0.2, 0) is 26.5 Å². The van der Waals surface area contributed by atoms with Crippen LogP contribution in [0, 0.1) is 0 Å². The minimum Gasteiger partial charge on any atom is -0.383 e. The fraction of sp³-hybridized carbons (Fsp3) is 1.00. The van der Waals surface area contributed by atoms with Gasteiger partial charge < -0.3 is 4.74 Å². The van der Waals surface area contributed by atoms with Crippen LogP contribution in [-0.4, -0.2) is 22.6 Å². The average molecular weight is 164 g/mol. The zero-order valence-electron chi connectivity index (χ0n) is 5.31. The molecule has 0 bridgehead atoms. The molecule has 1 saturated heterocycles. The van der Waals surface area contributed by atoms with Crippen LogP contribution in [0.5, 0.6) is 0 Å². The molecule has 1 unspecified atom stereocenters. The molecule has 0 aromatic heterocycles. The molecule has 1 fully saturated rings. The molecule has 1 heterocycles. The van der Waals surface area contributed by atoms with Gasteiger partial charge in [-0.15, -0.1) is 0 Å². The molecule has 0 aromatic rings. The van der Waals surface area contributed by atoms with Crippen LogP contribution >= 0.6 is 0 Å². The largest absolute Gasteiger partial charge is 0.383 e. The van der Waals surface area contributed by atoms with Gasteiger partial charge in [-0.3, -0.25) is 0 Å². The average Bonchev–Trinajstić information content (AvgIpc) is 1.69. The Hall–Kier alpha value is 0.891. The minimum absolute atomic E-state index is 0. The molecule has 1 aliphatic heterocycles. The minimum atomic E-state index is 0. The summed E-state index contributed by atoms with van der Waals surface area (Å²) in [5.74, 6) is 0. The smallest absolute Gasteiger partial charge is 0.0465 e. The van der Waals surface area contributed by atoms with E-state index in [1.165, 1.54) is 29.5 Å². The van der Waals surface area contributed by atoms with Crippen molar-refractivity contribution < 1.29 is 26.5 Å². The van der Waals surface area contributed by atoms with Crippen LogP contribution in [0.4, 0.5) is 0 Å². The molecule has 1 nitrogen and oxygen atoms in total. The van der Waals surface area contributed by atoms with Crippen molar-refractivity contribution in [1.82, 2.24) is 0 Å². The van der Waals surface area contributed by atoms with Gasteiger partial charge in [-0.1, -0.05) is 0 Å². The zero-order chi connectivity index (χ0) is 5.11. The van der Waals surface area contributed by atoms with E-state index in [1.54, 1.807) is 0 Å². The van der Waals surface area contributed by atoms with Gasteiger partial charge in [0.05, 0.1) is 0 Å². The molecular weight excluding hydrogens is 152 g/mol. The van der Waals surface area contributed by atoms with E-state index in [0.29, 0.717) is 5.73 Å². The van der Waals surface area contributed by atoms with Crippen LogP contribution in [0.2, 0.25) is 0 Å². The molecule has 1 atom stereocenters. The number of hydrogen-bond donors (Lipinski definition) is 0. The monoisotopic (exact) mass is 164 g/mol. The van der Waals surface area contributed by atoms with E-state index < -0.39 is 0 Å². The van der Waals surface area contributed by atoms with Gasteiger partial charge in [0, 0.05) is 44.3 Å². The third-order valence-corrected chi connectivity index (χ3v) is 2.32. The van der Waals surface area contributed by atoms with Gasteiger partial charge in [0.25, 0.3) is 0 Å². The van der Waals surface area contributed by atoms with Gasteiger partial charge in [-0.05, 0) is 19.3 Å². The molecule has 46 valence electrons. The van der Waals surface area contributed by atoms with E-state index in [-0.39, 0.29) is 21.7 Å². The summed E-state index contributed by atoms with van der Waals surface area (Å²) in [5.41, 5.74) is 0.675. The van der Waals surface area contributed by atoms with Gasteiger partial charge in [-0.2, -0.15) is 0 Å². The Kier molecular flexibility index (Phi) is 5.27. The predicted molar refractivity (Wildman–Crippen MR) is 33.5 cm³/mol. The van der Waals surface area contributed by atoms with E-state index in [4.69, 9.17) is 4.74 Å². The maximum Gasteiger partial charge on any atom is 0.0465 e. The van der Waals surface area contributed by atoms with Crippen LogP contribution in [0.1, 0.15) is 19.3 Å². The maximum absolute atomic E-state index is 5.34. The molecule has 0 saturated carbocycles. The molecule has 3 heteroatoms. The second-order valence-corrected chi connectivity index (χ2v) is 3.47. The summed E-state index contributed by atoms with van der Waals surface area (Å²) in [6.45, 7) is 1.02. The van der Waals surface area contributed by atoms with Crippen LogP contribution < -0.4 is 0 Å². The summed E-state index contributed by atoms with van der Waals surface area (Å²) in [5, 5.41) is 0. The first-order valence-electron chi connectivity index (χ1n) is 3.01. The number of rotatable bonds is 0. The molecule has 0 spiro atoms. The second-order valence-electron chi connectivity index (χ2n) is 2.18. The van der Waals surface area contributed by atoms with Gasteiger partial charge in [-0.25, -0.2) is 0 Å². The van der Waals surface area contributed by atoms with E-state index >= 15 is 0 Å². The maximum atomic E-state index is 5.34. The molecular formula is C5H12OSiTi. The van der Waals surface area contributed by atoms with Gasteiger partial charge in [0.1, 0.15) is 0 Å². The summed E-state index contributed by atoms with van der Waals surface area (Å²) < 4.78 is 5.34. The van der Waals surface area contributed by atoms with Gasteiger partial charge in [0.2, 0.25) is 0 Å². The van der Waals surface area contributed by atoms with Crippen molar-refractivity contribution in [3.63, 3.8) is 0 Å². The van der Waals surface area contributed by atoms with E-state index in [2.05, 4.69) is 0 Å². The first-order valence-corrected chi connectivity index (χ1v) is 4.16.